The van der Waals surface area contributed by atoms with E-state index in [1.165, 1.54) is 0 Å². The van der Waals surface area contributed by atoms with E-state index in [0.717, 1.165) is 70.4 Å². The lowest BCUT2D eigenvalue weighted by atomic mass is 9.72. The number of hydrogen-bond acceptors (Lipinski definition) is 4. The topological polar surface area (TPSA) is 95.3 Å². The minimum Gasteiger partial charge on any atom is -0.348 e. The van der Waals surface area contributed by atoms with Crippen molar-refractivity contribution < 1.29 is 9.59 Å². The maximum atomic E-state index is 12.5. The van der Waals surface area contributed by atoms with Crippen LogP contribution in [0.2, 0.25) is 0 Å². The summed E-state index contributed by atoms with van der Waals surface area (Å²) in [5.74, 6) is 0.790. The zero-order chi connectivity index (χ0) is 18.1. The van der Waals surface area contributed by atoms with E-state index >= 15 is 0 Å². The predicted octanol–water partition coefficient (Wildman–Crippen LogP) is 1.76. The molecule has 4 rings (SSSR count). The molecule has 1 spiro atoms. The molecule has 28 heavy (non-hydrogen) atoms. The summed E-state index contributed by atoms with van der Waals surface area (Å²) in [4.78, 5) is 36.0. The highest BCUT2D eigenvalue weighted by molar-refractivity contribution is 5.85. The zero-order valence-corrected chi connectivity index (χ0v) is 17.8. The number of nitrogens with one attached hydrogen (secondary N) is 1. The number of rotatable bonds is 5. The SMILES string of the molecule is Cl.Cl.N[C@H](C(=O)N1CCC2(CCC(=O)N(CCc3cnc[nH]3)C2)CC1)C1CC1. The number of aromatic amines is 1. The monoisotopic (exact) mass is 431 g/mol. The number of carbonyl (C=O) groups is 2. The van der Waals surface area contributed by atoms with Gasteiger partial charge in [0.15, 0.2) is 0 Å². The number of halogens is 2. The number of amides is 2. The Balaban J connectivity index is 0.00000140. The van der Waals surface area contributed by atoms with E-state index in [1.54, 1.807) is 6.33 Å². The number of nitrogens with zero attached hydrogens (tertiary/aromatic N) is 3. The summed E-state index contributed by atoms with van der Waals surface area (Å²) in [7, 11) is 0. The van der Waals surface area contributed by atoms with Crippen LogP contribution in [-0.4, -0.2) is 63.8 Å². The number of H-pyrrole nitrogens is 1. The van der Waals surface area contributed by atoms with Crippen LogP contribution in [0.4, 0.5) is 0 Å². The second kappa shape index (κ2) is 9.46. The lowest BCUT2D eigenvalue weighted by Crippen LogP contribution is -2.55. The first-order valence-corrected chi connectivity index (χ1v) is 9.86. The molecule has 0 aromatic carbocycles. The summed E-state index contributed by atoms with van der Waals surface area (Å²) in [6.07, 6.45) is 10.0. The van der Waals surface area contributed by atoms with Gasteiger partial charge in [-0.1, -0.05) is 0 Å². The number of imidazole rings is 1. The van der Waals surface area contributed by atoms with Crippen LogP contribution in [0.15, 0.2) is 12.5 Å². The Morgan fingerprint density at radius 2 is 2.00 bits per heavy atom. The van der Waals surface area contributed by atoms with E-state index in [2.05, 4.69) is 9.97 Å². The average Bonchev–Trinajstić information content (AvgIpc) is 3.38. The lowest BCUT2D eigenvalue weighted by molar-refractivity contribution is -0.143. The van der Waals surface area contributed by atoms with Crippen molar-refractivity contribution in [2.45, 2.75) is 51.0 Å². The Morgan fingerprint density at radius 3 is 2.61 bits per heavy atom. The molecule has 2 aliphatic heterocycles. The van der Waals surface area contributed by atoms with Gasteiger partial charge in [0.2, 0.25) is 11.8 Å². The highest BCUT2D eigenvalue weighted by Gasteiger charge is 2.43. The molecule has 1 aromatic heterocycles. The second-order valence-corrected chi connectivity index (χ2v) is 8.33. The molecular formula is C19H31Cl2N5O2. The molecule has 0 bridgehead atoms. The predicted molar refractivity (Wildman–Crippen MR) is 112 cm³/mol. The molecule has 7 nitrogen and oxygen atoms in total. The Morgan fingerprint density at radius 1 is 1.29 bits per heavy atom. The van der Waals surface area contributed by atoms with Crippen molar-refractivity contribution in [2.24, 2.45) is 17.1 Å². The summed E-state index contributed by atoms with van der Waals surface area (Å²) < 4.78 is 0. The van der Waals surface area contributed by atoms with Crippen LogP contribution in [0.3, 0.4) is 0 Å². The summed E-state index contributed by atoms with van der Waals surface area (Å²) in [6, 6.07) is -0.303. The molecule has 1 atom stereocenters. The number of nitrogens with two attached hydrogens (primary N) is 1. The second-order valence-electron chi connectivity index (χ2n) is 8.33. The third-order valence-electron chi connectivity index (χ3n) is 6.50. The van der Waals surface area contributed by atoms with Gasteiger partial charge in [0.25, 0.3) is 0 Å². The van der Waals surface area contributed by atoms with Gasteiger partial charge in [-0.3, -0.25) is 9.59 Å². The van der Waals surface area contributed by atoms with E-state index in [9.17, 15) is 9.59 Å². The third kappa shape index (κ3) is 4.99. The first-order valence-electron chi connectivity index (χ1n) is 9.86. The van der Waals surface area contributed by atoms with Gasteiger partial charge in [0.05, 0.1) is 12.4 Å². The molecule has 3 fully saturated rings. The molecule has 3 aliphatic rings. The molecule has 1 aliphatic carbocycles. The molecule has 1 saturated carbocycles. The summed E-state index contributed by atoms with van der Waals surface area (Å²) in [5.41, 5.74) is 7.33. The van der Waals surface area contributed by atoms with Gasteiger partial charge in [-0.05, 0) is 43.4 Å². The highest BCUT2D eigenvalue weighted by atomic mass is 35.5. The maximum Gasteiger partial charge on any atom is 0.239 e. The van der Waals surface area contributed by atoms with Crippen LogP contribution in [0, 0.1) is 11.3 Å². The van der Waals surface area contributed by atoms with Gasteiger partial charge < -0.3 is 20.5 Å². The minimum absolute atomic E-state index is 0. The van der Waals surface area contributed by atoms with E-state index in [4.69, 9.17) is 5.73 Å². The number of carbonyl (C=O) groups excluding carboxylic acids is 2. The zero-order valence-electron chi connectivity index (χ0n) is 16.1. The molecule has 2 saturated heterocycles. The minimum atomic E-state index is -0.303. The Kier molecular flexibility index (Phi) is 7.76. The average molecular weight is 432 g/mol. The van der Waals surface area contributed by atoms with Gasteiger partial charge in [-0.25, -0.2) is 4.98 Å². The van der Waals surface area contributed by atoms with Gasteiger partial charge in [0.1, 0.15) is 0 Å². The maximum absolute atomic E-state index is 12.5. The van der Waals surface area contributed by atoms with Gasteiger partial charge in [0, 0.05) is 50.9 Å². The normalized spacial score (nSPS) is 22.4. The fourth-order valence-electron chi connectivity index (χ4n) is 4.46. The number of aromatic nitrogens is 2. The standard InChI is InChI=1S/C19H29N5O2.2ClH/c20-17(14-1-2-14)18(26)23-9-6-19(7-10-23)5-3-16(25)24(12-19)8-4-15-11-21-13-22-15;;/h11,13-14,17H,1-10,12,20H2,(H,21,22);2*1H/t17-;;/m0../s1. The molecule has 3 heterocycles. The van der Waals surface area contributed by atoms with Crippen LogP contribution in [0.1, 0.15) is 44.2 Å². The fourth-order valence-corrected chi connectivity index (χ4v) is 4.46. The fraction of sp³-hybridized carbons (Fsp3) is 0.737. The van der Waals surface area contributed by atoms with Gasteiger partial charge >= 0.3 is 0 Å². The van der Waals surface area contributed by atoms with E-state index in [-0.39, 0.29) is 48.1 Å². The summed E-state index contributed by atoms with van der Waals surface area (Å²) in [5, 5.41) is 0. The Bertz CT molecular complexity index is 657. The Labute approximate surface area is 178 Å². The Hall–Kier alpha value is -1.31. The third-order valence-corrected chi connectivity index (χ3v) is 6.50. The van der Waals surface area contributed by atoms with Crippen molar-refractivity contribution in [3.63, 3.8) is 0 Å². The highest BCUT2D eigenvalue weighted by Crippen LogP contribution is 2.41. The van der Waals surface area contributed by atoms with Crippen molar-refractivity contribution >= 4 is 36.6 Å². The molecule has 2 amide bonds. The molecule has 0 unspecified atom stereocenters. The van der Waals surface area contributed by atoms with Crippen molar-refractivity contribution in [1.29, 1.82) is 0 Å². The van der Waals surface area contributed by atoms with Gasteiger partial charge in [-0.2, -0.15) is 0 Å². The number of piperidine rings is 2. The van der Waals surface area contributed by atoms with E-state index < -0.39 is 0 Å². The summed E-state index contributed by atoms with van der Waals surface area (Å²) >= 11 is 0. The van der Waals surface area contributed by atoms with E-state index in [0.29, 0.717) is 12.3 Å². The van der Waals surface area contributed by atoms with Crippen LogP contribution >= 0.6 is 24.8 Å². The largest absolute Gasteiger partial charge is 0.348 e. The quantitative estimate of drug-likeness (QED) is 0.742. The van der Waals surface area contributed by atoms with Crippen molar-refractivity contribution in [1.82, 2.24) is 19.8 Å². The van der Waals surface area contributed by atoms with Crippen LogP contribution in [0.25, 0.3) is 0 Å². The van der Waals surface area contributed by atoms with Crippen molar-refractivity contribution in [3.05, 3.63) is 18.2 Å². The first kappa shape index (κ1) is 23.0. The summed E-state index contributed by atoms with van der Waals surface area (Å²) in [6.45, 7) is 3.11. The van der Waals surface area contributed by atoms with Crippen molar-refractivity contribution in [3.8, 4) is 0 Å². The smallest absolute Gasteiger partial charge is 0.239 e. The molecule has 158 valence electrons. The van der Waals surface area contributed by atoms with Crippen LogP contribution < -0.4 is 5.73 Å². The van der Waals surface area contributed by atoms with E-state index in [1.807, 2.05) is 16.0 Å². The van der Waals surface area contributed by atoms with Crippen molar-refractivity contribution in [2.75, 3.05) is 26.2 Å². The number of likely N-dealkylation sites (tertiary alicyclic amines) is 2. The number of hydrogen-bond donors (Lipinski definition) is 2. The molecule has 3 N–H and O–H groups in total. The molecule has 9 heteroatoms. The van der Waals surface area contributed by atoms with Crippen LogP contribution in [0.5, 0.6) is 0 Å². The van der Waals surface area contributed by atoms with Gasteiger partial charge in [-0.15, -0.1) is 24.8 Å². The molecule has 0 radical (unpaired) electrons. The lowest BCUT2D eigenvalue weighted by Gasteiger charge is -2.47. The molecular weight excluding hydrogens is 401 g/mol. The van der Waals surface area contributed by atoms with Crippen LogP contribution in [-0.2, 0) is 16.0 Å². The first-order chi connectivity index (χ1) is 12.6. The molecule has 1 aromatic rings.